The first-order valence-corrected chi connectivity index (χ1v) is 8.95. The molecule has 1 aromatic heterocycles. The molecule has 5 nitrogen and oxygen atoms in total. The minimum absolute atomic E-state index is 0.113. The number of para-hydroxylation sites is 1. The Bertz CT molecular complexity index is 911. The van der Waals surface area contributed by atoms with Gasteiger partial charge in [0.2, 0.25) is 11.8 Å². The molecule has 0 saturated heterocycles. The monoisotopic (exact) mass is 351 g/mol. The third-order valence-corrected chi connectivity index (χ3v) is 4.40. The lowest BCUT2D eigenvalue weighted by Gasteiger charge is -2.29. The molecule has 0 unspecified atom stereocenters. The molecule has 1 aliphatic rings. The van der Waals surface area contributed by atoms with Gasteiger partial charge in [-0.05, 0) is 45.9 Å². The molecule has 1 aromatic carbocycles. The average Bonchev–Trinajstić information content (AvgIpc) is 2.75. The number of amides is 1. The topological polar surface area (TPSA) is 54.5 Å². The van der Waals surface area contributed by atoms with Crippen LogP contribution in [0.4, 0.5) is 0 Å². The van der Waals surface area contributed by atoms with E-state index in [0.717, 1.165) is 10.8 Å². The Kier molecular flexibility index (Phi) is 5.38. The lowest BCUT2D eigenvalue weighted by molar-refractivity contribution is -0.122. The summed E-state index contributed by atoms with van der Waals surface area (Å²) >= 11 is 0. The van der Waals surface area contributed by atoms with E-state index in [1.165, 1.54) is 0 Å². The van der Waals surface area contributed by atoms with Crippen LogP contribution in [0, 0.1) is 0 Å². The van der Waals surface area contributed by atoms with Crippen molar-refractivity contribution < 1.29 is 9.53 Å². The van der Waals surface area contributed by atoms with E-state index in [1.54, 1.807) is 6.20 Å². The van der Waals surface area contributed by atoms with Crippen molar-refractivity contribution in [2.45, 2.75) is 39.8 Å². The molecular weight excluding hydrogens is 326 g/mol. The van der Waals surface area contributed by atoms with E-state index in [2.05, 4.69) is 42.9 Å². The Labute approximate surface area is 154 Å². The highest BCUT2D eigenvalue weighted by molar-refractivity contribution is 5.84. The normalized spacial score (nSPS) is 13.0. The van der Waals surface area contributed by atoms with Crippen molar-refractivity contribution in [3.8, 4) is 5.75 Å². The second-order valence-corrected chi connectivity index (χ2v) is 6.96. The van der Waals surface area contributed by atoms with Crippen molar-refractivity contribution in [1.82, 2.24) is 15.2 Å². The summed E-state index contributed by atoms with van der Waals surface area (Å²) in [6.07, 6.45) is 3.72. The number of ether oxygens (including phenoxy) is 1. The molecule has 1 aliphatic heterocycles. The summed E-state index contributed by atoms with van der Waals surface area (Å²) in [7, 11) is 0. The van der Waals surface area contributed by atoms with Gasteiger partial charge in [-0.15, -0.1) is 0 Å². The number of hydrogen-bond acceptors (Lipinski definition) is 4. The van der Waals surface area contributed by atoms with Gasteiger partial charge in [-0.3, -0.25) is 20.0 Å². The predicted molar refractivity (Wildman–Crippen MR) is 103 cm³/mol. The van der Waals surface area contributed by atoms with Gasteiger partial charge < -0.3 is 4.74 Å². The number of nitrogens with one attached hydrogen (secondary N) is 1. The molecule has 2 aromatic rings. The first-order valence-electron chi connectivity index (χ1n) is 8.95. The third-order valence-electron chi connectivity index (χ3n) is 4.40. The average molecular weight is 351 g/mol. The number of rotatable bonds is 5. The summed E-state index contributed by atoms with van der Waals surface area (Å²) in [6, 6.07) is 12.1. The zero-order valence-corrected chi connectivity index (χ0v) is 15.7. The zero-order valence-electron chi connectivity index (χ0n) is 15.7. The summed E-state index contributed by atoms with van der Waals surface area (Å²) in [5, 5.41) is 4.48. The molecule has 0 bridgehead atoms. The maximum atomic E-state index is 12.7. The molecule has 0 spiro atoms. The predicted octanol–water partition coefficient (Wildman–Crippen LogP) is 1.60. The molecular formula is C21H25N3O2. The molecule has 2 heterocycles. The third kappa shape index (κ3) is 3.94. The van der Waals surface area contributed by atoms with Crippen molar-refractivity contribution >= 4 is 17.9 Å². The molecule has 1 N–H and O–H groups in total. The van der Waals surface area contributed by atoms with Crippen LogP contribution in [-0.4, -0.2) is 34.4 Å². The van der Waals surface area contributed by atoms with Gasteiger partial charge in [-0.2, -0.15) is 0 Å². The lowest BCUT2D eigenvalue weighted by atomic mass is 10.1. The van der Waals surface area contributed by atoms with Crippen LogP contribution in [0.2, 0.25) is 0 Å². The van der Waals surface area contributed by atoms with Crippen LogP contribution in [0.15, 0.2) is 42.6 Å². The molecule has 0 atom stereocenters. The van der Waals surface area contributed by atoms with Crippen LogP contribution >= 0.6 is 0 Å². The number of nitrogens with zero attached hydrogens (tertiary/aromatic N) is 2. The molecule has 0 saturated carbocycles. The van der Waals surface area contributed by atoms with E-state index in [0.29, 0.717) is 23.5 Å². The Balaban J connectivity index is 1.94. The van der Waals surface area contributed by atoms with E-state index >= 15 is 0 Å². The van der Waals surface area contributed by atoms with Crippen molar-refractivity contribution in [2.24, 2.45) is 0 Å². The SMILES string of the molecule is CC(C)N(CC(=O)NC1=c2ncccc2=Cc2ccccc2O1)C(C)C. The molecule has 26 heavy (non-hydrogen) atoms. The largest absolute Gasteiger partial charge is 0.438 e. The molecule has 0 radical (unpaired) electrons. The molecule has 136 valence electrons. The maximum absolute atomic E-state index is 12.7. The number of benzene rings is 1. The van der Waals surface area contributed by atoms with E-state index in [9.17, 15) is 4.79 Å². The van der Waals surface area contributed by atoms with E-state index in [1.807, 2.05) is 42.5 Å². The van der Waals surface area contributed by atoms with Gasteiger partial charge >= 0.3 is 0 Å². The fourth-order valence-electron chi connectivity index (χ4n) is 3.12. The van der Waals surface area contributed by atoms with Gasteiger partial charge in [0.15, 0.2) is 0 Å². The number of carbonyl (C=O) groups is 1. The summed E-state index contributed by atoms with van der Waals surface area (Å²) in [5.74, 6) is 0.961. The lowest BCUT2D eigenvalue weighted by Crippen LogP contribution is -2.46. The van der Waals surface area contributed by atoms with Crippen molar-refractivity contribution in [3.05, 3.63) is 58.7 Å². The zero-order chi connectivity index (χ0) is 18.7. The summed E-state index contributed by atoms with van der Waals surface area (Å²) in [4.78, 5) is 19.2. The van der Waals surface area contributed by atoms with Crippen LogP contribution in [0.5, 0.6) is 5.75 Å². The minimum atomic E-state index is -0.113. The highest BCUT2D eigenvalue weighted by Gasteiger charge is 2.19. The van der Waals surface area contributed by atoms with Gasteiger partial charge in [-0.1, -0.05) is 24.3 Å². The van der Waals surface area contributed by atoms with Crippen molar-refractivity contribution in [2.75, 3.05) is 6.54 Å². The second kappa shape index (κ2) is 7.70. The van der Waals surface area contributed by atoms with Gasteiger partial charge in [-0.25, -0.2) is 0 Å². The second-order valence-electron chi connectivity index (χ2n) is 6.96. The molecule has 5 heteroatoms. The van der Waals surface area contributed by atoms with Crippen LogP contribution in [0.1, 0.15) is 33.3 Å². The highest BCUT2D eigenvalue weighted by atomic mass is 16.5. The Morgan fingerprint density at radius 3 is 2.58 bits per heavy atom. The standard InChI is InChI=1S/C21H25N3O2/c1-14(2)24(15(3)4)13-19(25)23-21-20-17(9-7-11-22-20)12-16-8-5-6-10-18(16)26-21/h5-12,14-15H,13H2,1-4H3,(H,23,25). The quantitative estimate of drug-likeness (QED) is 0.889. The maximum Gasteiger partial charge on any atom is 0.240 e. The fourth-order valence-corrected chi connectivity index (χ4v) is 3.12. The fraction of sp³-hybridized carbons (Fsp3) is 0.333. The first kappa shape index (κ1) is 18.1. The van der Waals surface area contributed by atoms with Crippen molar-refractivity contribution in [3.63, 3.8) is 0 Å². The van der Waals surface area contributed by atoms with E-state index < -0.39 is 0 Å². The van der Waals surface area contributed by atoms with E-state index in [-0.39, 0.29) is 18.0 Å². The number of carbonyl (C=O) groups excluding carboxylic acids is 1. The Morgan fingerprint density at radius 1 is 1.12 bits per heavy atom. The van der Waals surface area contributed by atoms with Crippen LogP contribution in [-0.2, 0) is 4.79 Å². The van der Waals surface area contributed by atoms with Crippen LogP contribution in [0.3, 0.4) is 0 Å². The van der Waals surface area contributed by atoms with Gasteiger partial charge in [0.25, 0.3) is 0 Å². The number of hydrogen-bond donors (Lipinski definition) is 1. The van der Waals surface area contributed by atoms with Crippen LogP contribution in [0.25, 0.3) is 12.0 Å². The highest BCUT2D eigenvalue weighted by Crippen LogP contribution is 2.21. The number of pyridine rings is 1. The van der Waals surface area contributed by atoms with Crippen LogP contribution < -0.4 is 20.6 Å². The number of fused-ring (bicyclic) bond motifs is 2. The number of aromatic nitrogens is 1. The smallest absolute Gasteiger partial charge is 0.240 e. The molecule has 0 aliphatic carbocycles. The van der Waals surface area contributed by atoms with Gasteiger partial charge in [0.1, 0.15) is 11.1 Å². The summed E-state index contributed by atoms with van der Waals surface area (Å²) < 4.78 is 6.03. The van der Waals surface area contributed by atoms with Gasteiger partial charge in [0, 0.05) is 29.1 Å². The Hall–Kier alpha value is -2.66. The van der Waals surface area contributed by atoms with E-state index in [4.69, 9.17) is 4.74 Å². The summed E-state index contributed by atoms with van der Waals surface area (Å²) in [5.41, 5.74) is 0.956. The summed E-state index contributed by atoms with van der Waals surface area (Å²) in [6.45, 7) is 8.65. The Morgan fingerprint density at radius 2 is 1.85 bits per heavy atom. The minimum Gasteiger partial charge on any atom is -0.438 e. The first-order chi connectivity index (χ1) is 12.5. The van der Waals surface area contributed by atoms with Gasteiger partial charge in [0.05, 0.1) is 6.54 Å². The molecule has 1 amide bonds. The van der Waals surface area contributed by atoms with Crippen molar-refractivity contribution in [1.29, 1.82) is 0 Å². The molecule has 0 fully saturated rings. The molecule has 3 rings (SSSR count).